The second-order valence-corrected chi connectivity index (χ2v) is 3.48. The number of nitrogens with zero attached hydrogens (tertiary/aromatic N) is 1. The lowest BCUT2D eigenvalue weighted by atomic mass is 10.2. The molecule has 0 aliphatic rings. The smallest absolute Gasteiger partial charge is 0.227 e. The zero-order chi connectivity index (χ0) is 9.26. The molecule has 4 heteroatoms. The van der Waals surface area contributed by atoms with Crippen LogP contribution in [0.3, 0.4) is 0 Å². The van der Waals surface area contributed by atoms with Gasteiger partial charge in [-0.15, -0.1) is 0 Å². The summed E-state index contributed by atoms with van der Waals surface area (Å²) in [5.74, 6) is 0.541. The van der Waals surface area contributed by atoms with Crippen molar-refractivity contribution in [3.05, 3.63) is 35.1 Å². The van der Waals surface area contributed by atoms with E-state index < -0.39 is 0 Å². The molecular weight excluding hydrogens is 232 g/mol. The fraction of sp³-hybridized carbons (Fsp3) is 0. The second kappa shape index (κ2) is 3.22. The van der Waals surface area contributed by atoms with Crippen LogP contribution in [0.25, 0.3) is 11.5 Å². The lowest BCUT2D eigenvalue weighted by molar-refractivity contribution is 0.575. The fourth-order valence-electron chi connectivity index (χ4n) is 1.07. The minimum absolute atomic E-state index is 0.541. The number of nitrogens with two attached hydrogens (primary N) is 1. The SMILES string of the molecule is Nc1ccc(Br)cc1-c1ncco1. The van der Waals surface area contributed by atoms with Crippen LogP contribution in [0.4, 0.5) is 5.69 Å². The van der Waals surface area contributed by atoms with E-state index in [1.54, 1.807) is 6.20 Å². The van der Waals surface area contributed by atoms with Crippen molar-refractivity contribution in [1.29, 1.82) is 0 Å². The molecule has 1 aromatic carbocycles. The minimum atomic E-state index is 0.541. The van der Waals surface area contributed by atoms with Crippen LogP contribution in [0.15, 0.2) is 39.5 Å². The van der Waals surface area contributed by atoms with E-state index in [0.717, 1.165) is 10.0 Å². The molecule has 0 bridgehead atoms. The third kappa shape index (κ3) is 1.58. The van der Waals surface area contributed by atoms with Gasteiger partial charge in [-0.05, 0) is 18.2 Å². The van der Waals surface area contributed by atoms with Crippen LogP contribution < -0.4 is 5.73 Å². The van der Waals surface area contributed by atoms with Crippen molar-refractivity contribution in [2.75, 3.05) is 5.73 Å². The van der Waals surface area contributed by atoms with Crippen LogP contribution in [0, 0.1) is 0 Å². The topological polar surface area (TPSA) is 52.0 Å². The lowest BCUT2D eigenvalue weighted by Gasteiger charge is -2.00. The summed E-state index contributed by atoms with van der Waals surface area (Å²) in [5, 5.41) is 0. The van der Waals surface area contributed by atoms with Gasteiger partial charge in [0.05, 0.1) is 11.8 Å². The number of oxazole rings is 1. The number of rotatable bonds is 1. The van der Waals surface area contributed by atoms with Crippen molar-refractivity contribution >= 4 is 21.6 Å². The first-order valence-corrected chi connectivity index (χ1v) is 4.51. The van der Waals surface area contributed by atoms with Gasteiger partial charge < -0.3 is 10.2 Å². The molecule has 0 unspecified atom stereocenters. The maximum atomic E-state index is 5.76. The van der Waals surface area contributed by atoms with Gasteiger partial charge in [-0.2, -0.15) is 0 Å². The molecule has 2 aromatic rings. The van der Waals surface area contributed by atoms with Crippen molar-refractivity contribution in [3.63, 3.8) is 0 Å². The van der Waals surface area contributed by atoms with Crippen molar-refractivity contribution in [3.8, 4) is 11.5 Å². The zero-order valence-corrected chi connectivity index (χ0v) is 8.28. The third-order valence-corrected chi connectivity index (χ3v) is 2.17. The van der Waals surface area contributed by atoms with Crippen molar-refractivity contribution < 1.29 is 4.42 Å². The van der Waals surface area contributed by atoms with E-state index >= 15 is 0 Å². The summed E-state index contributed by atoms with van der Waals surface area (Å²) in [6, 6.07) is 5.56. The number of aromatic nitrogens is 1. The molecule has 13 heavy (non-hydrogen) atoms. The first-order valence-electron chi connectivity index (χ1n) is 3.72. The number of hydrogen-bond acceptors (Lipinski definition) is 3. The molecule has 66 valence electrons. The summed E-state index contributed by atoms with van der Waals surface area (Å²) >= 11 is 3.36. The zero-order valence-electron chi connectivity index (χ0n) is 6.70. The van der Waals surface area contributed by atoms with E-state index in [1.165, 1.54) is 6.26 Å². The molecular formula is C9H7BrN2O. The third-order valence-electron chi connectivity index (χ3n) is 1.68. The lowest BCUT2D eigenvalue weighted by Crippen LogP contribution is -1.89. The van der Waals surface area contributed by atoms with Crippen LogP contribution in [0.5, 0.6) is 0 Å². The Morgan fingerprint density at radius 2 is 2.23 bits per heavy atom. The van der Waals surface area contributed by atoms with Gasteiger partial charge in [0, 0.05) is 10.2 Å². The molecule has 0 saturated carbocycles. The number of benzene rings is 1. The van der Waals surface area contributed by atoms with Crippen molar-refractivity contribution in [2.24, 2.45) is 0 Å². The van der Waals surface area contributed by atoms with E-state index in [9.17, 15) is 0 Å². The number of nitrogen functional groups attached to an aromatic ring is 1. The number of halogens is 1. The number of anilines is 1. The first-order chi connectivity index (χ1) is 6.27. The van der Waals surface area contributed by atoms with Gasteiger partial charge in [0.1, 0.15) is 6.26 Å². The van der Waals surface area contributed by atoms with Crippen molar-refractivity contribution in [1.82, 2.24) is 4.98 Å². The Morgan fingerprint density at radius 3 is 2.92 bits per heavy atom. The summed E-state index contributed by atoms with van der Waals surface area (Å²) in [6.07, 6.45) is 3.12. The molecule has 0 fully saturated rings. The van der Waals surface area contributed by atoms with Gasteiger partial charge in [0.2, 0.25) is 5.89 Å². The summed E-state index contributed by atoms with van der Waals surface area (Å²) in [7, 11) is 0. The van der Waals surface area contributed by atoms with Gasteiger partial charge in [0.25, 0.3) is 0 Å². The average Bonchev–Trinajstić information content (AvgIpc) is 2.61. The maximum absolute atomic E-state index is 5.76. The number of hydrogen-bond donors (Lipinski definition) is 1. The predicted octanol–water partition coefficient (Wildman–Crippen LogP) is 2.69. The van der Waals surface area contributed by atoms with Crippen molar-refractivity contribution in [2.45, 2.75) is 0 Å². The molecule has 2 N–H and O–H groups in total. The molecule has 0 aliphatic carbocycles. The molecule has 1 aromatic heterocycles. The summed E-state index contributed by atoms with van der Waals surface area (Å²) in [5.41, 5.74) is 7.22. The Labute approximate surface area is 83.7 Å². The minimum Gasteiger partial charge on any atom is -0.444 e. The molecule has 0 saturated heterocycles. The van der Waals surface area contributed by atoms with E-state index in [-0.39, 0.29) is 0 Å². The monoisotopic (exact) mass is 238 g/mol. The largest absolute Gasteiger partial charge is 0.444 e. The van der Waals surface area contributed by atoms with Crippen LogP contribution >= 0.6 is 15.9 Å². The molecule has 0 radical (unpaired) electrons. The molecule has 1 heterocycles. The second-order valence-electron chi connectivity index (χ2n) is 2.57. The van der Waals surface area contributed by atoms with Crippen LogP contribution in [0.2, 0.25) is 0 Å². The highest BCUT2D eigenvalue weighted by Crippen LogP contribution is 2.27. The predicted molar refractivity (Wildman–Crippen MR) is 54.1 cm³/mol. The van der Waals surface area contributed by atoms with Gasteiger partial charge >= 0.3 is 0 Å². The Bertz CT molecular complexity index is 412. The highest BCUT2D eigenvalue weighted by molar-refractivity contribution is 9.10. The van der Waals surface area contributed by atoms with Gasteiger partial charge in [0.15, 0.2) is 0 Å². The highest BCUT2D eigenvalue weighted by Gasteiger charge is 2.06. The first kappa shape index (κ1) is 8.31. The normalized spacial score (nSPS) is 10.2. The van der Waals surface area contributed by atoms with Gasteiger partial charge in [-0.25, -0.2) is 4.98 Å². The summed E-state index contributed by atoms with van der Waals surface area (Å²) < 4.78 is 6.10. The molecule has 0 amide bonds. The van der Waals surface area contributed by atoms with E-state index in [4.69, 9.17) is 10.2 Å². The highest BCUT2D eigenvalue weighted by atomic mass is 79.9. The Kier molecular flexibility index (Phi) is 2.06. The standard InChI is InChI=1S/C9H7BrN2O/c10-6-1-2-8(11)7(5-6)9-12-3-4-13-9/h1-5H,11H2. The molecule has 3 nitrogen and oxygen atoms in total. The van der Waals surface area contributed by atoms with E-state index in [1.807, 2.05) is 18.2 Å². The Hall–Kier alpha value is -1.29. The van der Waals surface area contributed by atoms with Crippen LogP contribution in [0.1, 0.15) is 0 Å². The molecule has 0 atom stereocenters. The van der Waals surface area contributed by atoms with Gasteiger partial charge in [-0.1, -0.05) is 15.9 Å². The average molecular weight is 239 g/mol. The summed E-state index contributed by atoms with van der Waals surface area (Å²) in [4.78, 5) is 4.02. The van der Waals surface area contributed by atoms with Crippen LogP contribution in [-0.4, -0.2) is 4.98 Å². The molecule has 0 aliphatic heterocycles. The Balaban J connectivity index is 2.57. The molecule has 0 spiro atoms. The quantitative estimate of drug-likeness (QED) is 0.778. The summed E-state index contributed by atoms with van der Waals surface area (Å²) in [6.45, 7) is 0. The van der Waals surface area contributed by atoms with E-state index in [2.05, 4.69) is 20.9 Å². The van der Waals surface area contributed by atoms with E-state index in [0.29, 0.717) is 11.6 Å². The van der Waals surface area contributed by atoms with Crippen LogP contribution in [-0.2, 0) is 0 Å². The molecule has 2 rings (SSSR count). The van der Waals surface area contributed by atoms with Gasteiger partial charge in [-0.3, -0.25) is 0 Å². The maximum Gasteiger partial charge on any atom is 0.227 e. The fourth-order valence-corrected chi connectivity index (χ4v) is 1.43. The Morgan fingerprint density at radius 1 is 1.38 bits per heavy atom.